The molecule has 0 amide bonds. The summed E-state index contributed by atoms with van der Waals surface area (Å²) >= 11 is 0. The topological polar surface area (TPSA) is 12.4 Å². The Balaban J connectivity index is 2.07. The monoisotopic (exact) mass is 303 g/mol. The van der Waals surface area contributed by atoms with E-state index in [1.807, 2.05) is 0 Å². The van der Waals surface area contributed by atoms with Gasteiger partial charge in [0.05, 0.1) is 0 Å². The van der Waals surface area contributed by atoms with Crippen molar-refractivity contribution < 1.29 is 0 Å². The van der Waals surface area contributed by atoms with Gasteiger partial charge in [0.2, 0.25) is 0 Å². The quantitative estimate of drug-likeness (QED) is 0.462. The minimum absolute atomic E-state index is 0.915. The molecule has 0 saturated heterocycles. The van der Waals surface area contributed by atoms with Crippen molar-refractivity contribution in [3.8, 4) is 0 Å². The largest absolute Gasteiger partial charge is 0.293 e. The molecule has 0 radical (unpaired) electrons. The maximum atomic E-state index is 4.65. The Bertz CT molecular complexity index is 806. The van der Waals surface area contributed by atoms with E-state index in [4.69, 9.17) is 0 Å². The van der Waals surface area contributed by atoms with E-state index in [0.29, 0.717) is 0 Å². The molecule has 1 aliphatic rings. The average Bonchev–Trinajstić information content (AvgIpc) is 2.89. The van der Waals surface area contributed by atoms with Crippen LogP contribution in [0.4, 0.5) is 0 Å². The van der Waals surface area contributed by atoms with Crippen LogP contribution in [0, 0.1) is 0 Å². The van der Waals surface area contributed by atoms with Gasteiger partial charge in [0.15, 0.2) is 0 Å². The third-order valence-corrected chi connectivity index (χ3v) is 4.51. The summed E-state index contributed by atoms with van der Waals surface area (Å²) in [5.41, 5.74) is 6.87. The van der Waals surface area contributed by atoms with Crippen molar-refractivity contribution in [1.82, 2.24) is 0 Å². The highest BCUT2D eigenvalue weighted by atomic mass is 14.7. The van der Waals surface area contributed by atoms with Crippen molar-refractivity contribution in [2.45, 2.75) is 40.0 Å². The van der Waals surface area contributed by atoms with Crippen LogP contribution in [0.3, 0.4) is 0 Å². The van der Waals surface area contributed by atoms with Gasteiger partial charge in [-0.3, -0.25) is 4.99 Å². The van der Waals surface area contributed by atoms with Gasteiger partial charge in [0, 0.05) is 18.3 Å². The van der Waals surface area contributed by atoms with E-state index in [1.165, 1.54) is 45.0 Å². The van der Waals surface area contributed by atoms with Gasteiger partial charge in [-0.2, -0.15) is 0 Å². The summed E-state index contributed by atoms with van der Waals surface area (Å²) in [6.07, 6.45) is 7.78. The lowest BCUT2D eigenvalue weighted by atomic mass is 9.93. The Morgan fingerprint density at radius 1 is 1.09 bits per heavy atom. The van der Waals surface area contributed by atoms with Crippen molar-refractivity contribution >= 4 is 22.6 Å². The standard InChI is InChI=1S/C22H25N/c1-4-5-10-23-15-20-13-18-8-6-7-9-19(18)14-22(20)21-12-16(2)11-17(21)3/h6-9,11,13-15H,4-5,10,12H2,1-3H3. The molecule has 0 bridgehead atoms. The maximum absolute atomic E-state index is 4.65. The molecule has 0 aliphatic heterocycles. The van der Waals surface area contributed by atoms with Crippen LogP contribution in [0.25, 0.3) is 16.3 Å². The first-order valence-corrected chi connectivity index (χ1v) is 8.59. The summed E-state index contributed by atoms with van der Waals surface area (Å²) < 4.78 is 0. The molecule has 3 rings (SSSR count). The molecule has 2 aromatic rings. The summed E-state index contributed by atoms with van der Waals surface area (Å²) in [5, 5.41) is 2.59. The molecule has 0 fully saturated rings. The lowest BCUT2D eigenvalue weighted by Gasteiger charge is -2.12. The van der Waals surface area contributed by atoms with E-state index in [9.17, 15) is 0 Å². The minimum atomic E-state index is 0.915. The van der Waals surface area contributed by atoms with Crippen molar-refractivity contribution in [3.63, 3.8) is 0 Å². The fourth-order valence-corrected chi connectivity index (χ4v) is 3.27. The number of rotatable bonds is 5. The lowest BCUT2D eigenvalue weighted by Crippen LogP contribution is -1.95. The van der Waals surface area contributed by atoms with Gasteiger partial charge in [0.25, 0.3) is 0 Å². The van der Waals surface area contributed by atoms with Crippen LogP contribution >= 0.6 is 0 Å². The van der Waals surface area contributed by atoms with E-state index in [1.54, 1.807) is 0 Å². The molecule has 1 aliphatic carbocycles. The molecule has 118 valence electrons. The number of benzene rings is 2. The SMILES string of the molecule is CCCCN=Cc1cc2ccccc2cc1C1=C(C)C=C(C)C1. The fraction of sp³-hybridized carbons (Fsp3) is 0.318. The number of hydrogen-bond donors (Lipinski definition) is 0. The van der Waals surface area contributed by atoms with Crippen LogP contribution in [0.2, 0.25) is 0 Å². The molecule has 0 unspecified atom stereocenters. The molecule has 0 N–H and O–H groups in total. The molecule has 0 atom stereocenters. The van der Waals surface area contributed by atoms with E-state index in [-0.39, 0.29) is 0 Å². The summed E-state index contributed by atoms with van der Waals surface area (Å²) in [6, 6.07) is 13.2. The highest BCUT2D eigenvalue weighted by Gasteiger charge is 2.15. The maximum Gasteiger partial charge on any atom is 0.0389 e. The average molecular weight is 303 g/mol. The Labute approximate surface area is 139 Å². The van der Waals surface area contributed by atoms with Crippen LogP contribution in [-0.2, 0) is 0 Å². The van der Waals surface area contributed by atoms with Crippen LogP contribution < -0.4 is 0 Å². The molecular weight excluding hydrogens is 278 g/mol. The highest BCUT2D eigenvalue weighted by Crippen LogP contribution is 2.35. The Morgan fingerprint density at radius 2 is 1.83 bits per heavy atom. The Hall–Kier alpha value is -2.15. The predicted molar refractivity (Wildman–Crippen MR) is 102 cm³/mol. The van der Waals surface area contributed by atoms with Gasteiger partial charge in [-0.05, 0) is 66.3 Å². The van der Waals surface area contributed by atoms with Crippen LogP contribution in [0.15, 0.2) is 58.6 Å². The molecule has 1 nitrogen and oxygen atoms in total. The molecule has 23 heavy (non-hydrogen) atoms. The highest BCUT2D eigenvalue weighted by molar-refractivity contribution is 5.98. The van der Waals surface area contributed by atoms with Crippen molar-refractivity contribution in [1.29, 1.82) is 0 Å². The number of allylic oxidation sites excluding steroid dienone is 4. The summed E-state index contributed by atoms with van der Waals surface area (Å²) in [4.78, 5) is 4.65. The third-order valence-electron chi connectivity index (χ3n) is 4.51. The second-order valence-corrected chi connectivity index (χ2v) is 6.50. The zero-order valence-corrected chi connectivity index (χ0v) is 14.4. The number of nitrogens with zero attached hydrogens (tertiary/aromatic N) is 1. The molecule has 2 aromatic carbocycles. The van der Waals surface area contributed by atoms with Crippen LogP contribution in [0.5, 0.6) is 0 Å². The Kier molecular flexibility index (Phi) is 4.76. The van der Waals surface area contributed by atoms with Gasteiger partial charge in [-0.1, -0.05) is 49.3 Å². The molecule has 0 heterocycles. The van der Waals surface area contributed by atoms with Crippen LogP contribution in [-0.4, -0.2) is 12.8 Å². The van der Waals surface area contributed by atoms with Gasteiger partial charge < -0.3 is 0 Å². The van der Waals surface area contributed by atoms with Crippen molar-refractivity contribution in [3.05, 3.63) is 64.7 Å². The number of unbranched alkanes of at least 4 members (excludes halogenated alkanes) is 1. The second-order valence-electron chi connectivity index (χ2n) is 6.50. The third kappa shape index (κ3) is 3.44. The van der Waals surface area contributed by atoms with Crippen molar-refractivity contribution in [2.24, 2.45) is 4.99 Å². The predicted octanol–water partition coefficient (Wildman–Crippen LogP) is 6.18. The first-order valence-electron chi connectivity index (χ1n) is 8.59. The lowest BCUT2D eigenvalue weighted by molar-refractivity contribution is 0.810. The molecule has 0 saturated carbocycles. The van der Waals surface area contributed by atoms with Crippen molar-refractivity contribution in [2.75, 3.05) is 6.54 Å². The second kappa shape index (κ2) is 6.95. The van der Waals surface area contributed by atoms with E-state index < -0.39 is 0 Å². The number of fused-ring (bicyclic) bond motifs is 1. The van der Waals surface area contributed by atoms with Gasteiger partial charge in [-0.25, -0.2) is 0 Å². The zero-order chi connectivity index (χ0) is 16.2. The van der Waals surface area contributed by atoms with E-state index >= 15 is 0 Å². The van der Waals surface area contributed by atoms with Gasteiger partial charge >= 0.3 is 0 Å². The van der Waals surface area contributed by atoms with Gasteiger partial charge in [-0.15, -0.1) is 0 Å². The van der Waals surface area contributed by atoms with Crippen LogP contribution in [0.1, 0.15) is 51.2 Å². The molecule has 0 spiro atoms. The van der Waals surface area contributed by atoms with E-state index in [0.717, 1.165) is 19.4 Å². The molecule has 0 aromatic heterocycles. The zero-order valence-electron chi connectivity index (χ0n) is 14.4. The first-order chi connectivity index (χ1) is 11.2. The summed E-state index contributed by atoms with van der Waals surface area (Å²) in [5.74, 6) is 0. The summed E-state index contributed by atoms with van der Waals surface area (Å²) in [7, 11) is 0. The normalized spacial score (nSPS) is 15.0. The fourth-order valence-electron chi connectivity index (χ4n) is 3.27. The summed E-state index contributed by atoms with van der Waals surface area (Å²) in [6.45, 7) is 7.56. The minimum Gasteiger partial charge on any atom is -0.293 e. The van der Waals surface area contributed by atoms with E-state index in [2.05, 4.69) is 74.5 Å². The molecule has 1 heteroatoms. The Morgan fingerprint density at radius 3 is 2.48 bits per heavy atom. The smallest absolute Gasteiger partial charge is 0.0389 e. The van der Waals surface area contributed by atoms with Gasteiger partial charge in [0.1, 0.15) is 0 Å². The molecular formula is C22H25N. The number of hydrogen-bond acceptors (Lipinski definition) is 1. The number of aliphatic imine (C=N–C) groups is 1. The first kappa shape index (κ1) is 15.7.